The molecule has 0 aliphatic heterocycles. The van der Waals surface area contributed by atoms with Crippen LogP contribution in [0.3, 0.4) is 0 Å². The lowest BCUT2D eigenvalue weighted by atomic mass is 9.84. The van der Waals surface area contributed by atoms with Crippen molar-refractivity contribution in [1.82, 2.24) is 5.32 Å². The van der Waals surface area contributed by atoms with E-state index in [4.69, 9.17) is 5.11 Å². The first-order chi connectivity index (χ1) is 7.82. The molecule has 17 heavy (non-hydrogen) atoms. The number of carbonyl (C=O) groups is 2. The van der Waals surface area contributed by atoms with E-state index in [9.17, 15) is 22.8 Å². The van der Waals surface area contributed by atoms with Crippen molar-refractivity contribution in [2.75, 3.05) is 0 Å². The van der Waals surface area contributed by atoms with Crippen LogP contribution in [0, 0.1) is 5.92 Å². The van der Waals surface area contributed by atoms with E-state index >= 15 is 0 Å². The van der Waals surface area contributed by atoms with Crippen LogP contribution >= 0.6 is 0 Å². The first kappa shape index (κ1) is 13.8. The van der Waals surface area contributed by atoms with E-state index in [-0.39, 0.29) is 0 Å². The molecule has 0 aromatic heterocycles. The third-order valence-corrected chi connectivity index (χ3v) is 2.93. The van der Waals surface area contributed by atoms with Gasteiger partial charge in [0.2, 0.25) is 0 Å². The topological polar surface area (TPSA) is 66.4 Å². The molecule has 1 aliphatic rings. The highest BCUT2D eigenvalue weighted by Crippen LogP contribution is 2.27. The van der Waals surface area contributed by atoms with Crippen LogP contribution in [0.25, 0.3) is 0 Å². The van der Waals surface area contributed by atoms with E-state index in [0.717, 1.165) is 19.3 Å². The minimum Gasteiger partial charge on any atom is -0.480 e. The number of hydrogen-bond acceptors (Lipinski definition) is 2. The van der Waals surface area contributed by atoms with Crippen LogP contribution in [0.1, 0.15) is 32.1 Å². The first-order valence-electron chi connectivity index (χ1n) is 5.43. The molecule has 1 fully saturated rings. The maximum Gasteiger partial charge on any atom is 0.471 e. The van der Waals surface area contributed by atoms with Crippen LogP contribution in [0.15, 0.2) is 0 Å². The van der Waals surface area contributed by atoms with Gasteiger partial charge in [0, 0.05) is 0 Å². The number of aliphatic carboxylic acids is 1. The average molecular weight is 253 g/mol. The molecule has 1 atom stereocenters. The zero-order valence-electron chi connectivity index (χ0n) is 9.09. The van der Waals surface area contributed by atoms with Gasteiger partial charge < -0.3 is 10.4 Å². The summed E-state index contributed by atoms with van der Waals surface area (Å²) in [5, 5.41) is 10.4. The van der Waals surface area contributed by atoms with Gasteiger partial charge in [-0.15, -0.1) is 0 Å². The summed E-state index contributed by atoms with van der Waals surface area (Å²) in [6.07, 6.45) is -1.44. The second kappa shape index (κ2) is 5.37. The standard InChI is InChI=1S/C10H14F3NO3/c11-10(12,13)9(17)14-7(8(15)16)6-4-2-1-3-5-6/h6-7H,1-5H2,(H,14,17)(H,15,16). The normalized spacial score (nSPS) is 19.7. The summed E-state index contributed by atoms with van der Waals surface area (Å²) < 4.78 is 36.1. The van der Waals surface area contributed by atoms with Crippen molar-refractivity contribution in [2.45, 2.75) is 44.3 Å². The molecule has 7 heteroatoms. The Morgan fingerprint density at radius 3 is 2.12 bits per heavy atom. The van der Waals surface area contributed by atoms with Crippen LogP contribution in [0.5, 0.6) is 0 Å². The maximum absolute atomic E-state index is 12.0. The Kier molecular flexibility index (Phi) is 4.36. The third kappa shape index (κ3) is 3.90. The predicted octanol–water partition coefficient (Wildman–Crippen LogP) is 1.70. The molecule has 0 saturated heterocycles. The van der Waals surface area contributed by atoms with Crippen molar-refractivity contribution in [3.05, 3.63) is 0 Å². The second-order valence-corrected chi connectivity index (χ2v) is 4.19. The number of rotatable bonds is 3. The predicted molar refractivity (Wildman–Crippen MR) is 52.2 cm³/mol. The Bertz CT molecular complexity index is 298. The summed E-state index contributed by atoms with van der Waals surface area (Å²) in [6, 6.07) is -1.44. The molecule has 1 unspecified atom stereocenters. The molecule has 0 spiro atoms. The van der Waals surface area contributed by atoms with Gasteiger partial charge in [0.05, 0.1) is 0 Å². The highest BCUT2D eigenvalue weighted by molar-refractivity contribution is 5.87. The third-order valence-electron chi connectivity index (χ3n) is 2.93. The second-order valence-electron chi connectivity index (χ2n) is 4.19. The van der Waals surface area contributed by atoms with Gasteiger partial charge in [-0.1, -0.05) is 19.3 Å². The quantitative estimate of drug-likeness (QED) is 0.804. The van der Waals surface area contributed by atoms with Crippen LogP contribution in [0.2, 0.25) is 0 Å². The van der Waals surface area contributed by atoms with Crippen LogP contribution in [0.4, 0.5) is 13.2 Å². The van der Waals surface area contributed by atoms with Crippen molar-refractivity contribution in [1.29, 1.82) is 0 Å². The fraction of sp³-hybridized carbons (Fsp3) is 0.800. The van der Waals surface area contributed by atoms with E-state index in [1.807, 2.05) is 0 Å². The Labute approximate surface area is 96.2 Å². The van der Waals surface area contributed by atoms with Crippen molar-refractivity contribution in [2.24, 2.45) is 5.92 Å². The molecule has 1 amide bonds. The Morgan fingerprint density at radius 2 is 1.71 bits per heavy atom. The Hall–Kier alpha value is -1.27. The highest BCUT2D eigenvalue weighted by Gasteiger charge is 2.42. The van der Waals surface area contributed by atoms with Gasteiger partial charge in [-0.3, -0.25) is 4.79 Å². The summed E-state index contributed by atoms with van der Waals surface area (Å²) in [7, 11) is 0. The van der Waals surface area contributed by atoms with Crippen LogP contribution in [-0.2, 0) is 9.59 Å². The molecule has 1 saturated carbocycles. The largest absolute Gasteiger partial charge is 0.480 e. The monoisotopic (exact) mass is 253 g/mol. The molecular formula is C10H14F3NO3. The smallest absolute Gasteiger partial charge is 0.471 e. The highest BCUT2D eigenvalue weighted by atomic mass is 19.4. The maximum atomic E-state index is 12.0. The van der Waals surface area contributed by atoms with Crippen molar-refractivity contribution in [3.8, 4) is 0 Å². The van der Waals surface area contributed by atoms with Gasteiger partial charge in [-0.05, 0) is 18.8 Å². The van der Waals surface area contributed by atoms with Crippen LogP contribution < -0.4 is 5.32 Å². The van der Waals surface area contributed by atoms with E-state index in [0.29, 0.717) is 12.8 Å². The number of amides is 1. The van der Waals surface area contributed by atoms with E-state index in [2.05, 4.69) is 0 Å². The molecule has 4 nitrogen and oxygen atoms in total. The fourth-order valence-electron chi connectivity index (χ4n) is 2.07. The lowest BCUT2D eigenvalue weighted by molar-refractivity contribution is -0.176. The lowest BCUT2D eigenvalue weighted by Gasteiger charge is -2.28. The first-order valence-corrected chi connectivity index (χ1v) is 5.43. The molecular weight excluding hydrogens is 239 g/mol. The molecule has 2 N–H and O–H groups in total. The molecule has 0 bridgehead atoms. The number of carboxylic acids is 1. The Balaban J connectivity index is 2.66. The van der Waals surface area contributed by atoms with Gasteiger partial charge in [0.25, 0.3) is 0 Å². The van der Waals surface area contributed by atoms with Crippen molar-refractivity contribution >= 4 is 11.9 Å². The van der Waals surface area contributed by atoms with Gasteiger partial charge in [-0.25, -0.2) is 4.79 Å². The number of alkyl halides is 3. The van der Waals surface area contributed by atoms with Gasteiger partial charge in [0.15, 0.2) is 0 Å². The molecule has 0 aromatic rings. The molecule has 98 valence electrons. The number of carboxylic acid groups (broad SMARTS) is 1. The molecule has 1 aliphatic carbocycles. The van der Waals surface area contributed by atoms with E-state index in [1.54, 1.807) is 5.32 Å². The van der Waals surface area contributed by atoms with E-state index in [1.165, 1.54) is 0 Å². The summed E-state index contributed by atoms with van der Waals surface area (Å²) in [6.45, 7) is 0. The van der Waals surface area contributed by atoms with E-state index < -0.39 is 30.0 Å². The van der Waals surface area contributed by atoms with Gasteiger partial charge in [-0.2, -0.15) is 13.2 Å². The number of carbonyl (C=O) groups excluding carboxylic acids is 1. The van der Waals surface area contributed by atoms with Gasteiger partial charge >= 0.3 is 18.1 Å². The fourth-order valence-corrected chi connectivity index (χ4v) is 2.07. The molecule has 1 rings (SSSR count). The van der Waals surface area contributed by atoms with Crippen LogP contribution in [-0.4, -0.2) is 29.2 Å². The number of nitrogens with one attached hydrogen (secondary N) is 1. The summed E-state index contributed by atoms with van der Waals surface area (Å²) in [4.78, 5) is 21.6. The molecule has 0 heterocycles. The zero-order chi connectivity index (χ0) is 13.1. The number of hydrogen-bond donors (Lipinski definition) is 2. The number of halogens is 3. The minimum absolute atomic E-state index is 0.410. The molecule has 0 aromatic carbocycles. The lowest BCUT2D eigenvalue weighted by Crippen LogP contribution is -2.50. The molecule has 0 radical (unpaired) electrons. The minimum atomic E-state index is -5.04. The average Bonchev–Trinajstić information content (AvgIpc) is 2.25. The summed E-state index contributed by atoms with van der Waals surface area (Å²) in [5.74, 6) is -4.00. The van der Waals surface area contributed by atoms with Crippen molar-refractivity contribution < 1.29 is 27.9 Å². The van der Waals surface area contributed by atoms with Gasteiger partial charge in [0.1, 0.15) is 6.04 Å². The van der Waals surface area contributed by atoms with Crippen molar-refractivity contribution in [3.63, 3.8) is 0 Å². The summed E-state index contributed by atoms with van der Waals surface area (Å²) in [5.41, 5.74) is 0. The summed E-state index contributed by atoms with van der Waals surface area (Å²) >= 11 is 0. The SMILES string of the molecule is O=C(O)C(NC(=O)C(F)(F)F)C1CCCCC1. The Morgan fingerprint density at radius 1 is 1.18 bits per heavy atom. The zero-order valence-corrected chi connectivity index (χ0v) is 9.09.